The number of aromatic nitrogens is 3. The third-order valence-electron chi connectivity index (χ3n) is 6.07. The predicted octanol–water partition coefficient (Wildman–Crippen LogP) is 5.30. The maximum Gasteiger partial charge on any atom is 0.193 e. The fourth-order valence-electron chi connectivity index (χ4n) is 4.41. The molecule has 2 N–H and O–H groups in total. The Morgan fingerprint density at radius 3 is 2.36 bits per heavy atom. The number of terminal acetylenes is 1. The summed E-state index contributed by atoms with van der Waals surface area (Å²) in [6.45, 7) is 9.31. The Kier molecular flexibility index (Phi) is 14.3. The van der Waals surface area contributed by atoms with Crippen molar-refractivity contribution in [2.75, 3.05) is 26.0 Å². The van der Waals surface area contributed by atoms with Gasteiger partial charge in [-0.1, -0.05) is 32.9 Å². The summed E-state index contributed by atoms with van der Waals surface area (Å²) in [5.74, 6) is 3.29. The van der Waals surface area contributed by atoms with Gasteiger partial charge < -0.3 is 19.3 Å². The van der Waals surface area contributed by atoms with Crippen molar-refractivity contribution in [1.29, 1.82) is 0 Å². The summed E-state index contributed by atoms with van der Waals surface area (Å²) in [6, 6.07) is 7.77. The van der Waals surface area contributed by atoms with Crippen LogP contribution in [0, 0.1) is 12.3 Å². The Morgan fingerprint density at radius 2 is 1.74 bits per heavy atom. The Morgan fingerprint density at radius 1 is 1.07 bits per heavy atom. The smallest absolute Gasteiger partial charge is 0.193 e. The molecule has 2 heterocycles. The monoisotopic (exact) mass is 595 g/mol. The van der Waals surface area contributed by atoms with Crippen molar-refractivity contribution < 1.29 is 23.0 Å². The van der Waals surface area contributed by atoms with Crippen LogP contribution in [0.2, 0.25) is 0 Å². The van der Waals surface area contributed by atoms with Gasteiger partial charge in [0.25, 0.3) is 0 Å². The zero-order chi connectivity index (χ0) is 31.1. The van der Waals surface area contributed by atoms with Crippen LogP contribution in [0.1, 0.15) is 56.4 Å². The molecule has 11 heteroatoms. The number of nitrogens with zero attached hydrogens (tertiary/aromatic N) is 3. The number of aryl methyl sites for hydroxylation is 2. The molecular formula is C31H41N5O5S. The number of aldehydes is 1. The molecule has 0 fully saturated rings. The molecule has 0 saturated heterocycles. The van der Waals surface area contributed by atoms with Crippen LogP contribution in [0.15, 0.2) is 46.1 Å². The Hall–Kier alpha value is -4.14. The SMILES string of the molecule is C#CC=O.CC.CC.CNCc1cnn(Cc2cc(OC)c3c(NS(=O)c4cc5c(cc4OC)CCC5)noc3c2)c1. The van der Waals surface area contributed by atoms with Crippen molar-refractivity contribution in [1.82, 2.24) is 20.3 Å². The number of anilines is 1. The molecule has 42 heavy (non-hydrogen) atoms. The minimum atomic E-state index is -1.59. The number of nitrogens with one attached hydrogen (secondary N) is 2. The minimum Gasteiger partial charge on any atom is -0.496 e. The zero-order valence-electron chi connectivity index (χ0n) is 25.4. The highest BCUT2D eigenvalue weighted by molar-refractivity contribution is 7.86. The summed E-state index contributed by atoms with van der Waals surface area (Å²) >= 11 is 0. The predicted molar refractivity (Wildman–Crippen MR) is 167 cm³/mol. The van der Waals surface area contributed by atoms with E-state index in [0.717, 1.165) is 36.9 Å². The molecule has 1 aliphatic carbocycles. The highest BCUT2D eigenvalue weighted by atomic mass is 32.2. The van der Waals surface area contributed by atoms with E-state index in [9.17, 15) is 4.21 Å². The van der Waals surface area contributed by atoms with Gasteiger partial charge in [-0.3, -0.25) is 14.2 Å². The number of carbonyl (C=O) groups is 1. The van der Waals surface area contributed by atoms with Gasteiger partial charge in [-0.2, -0.15) is 5.10 Å². The van der Waals surface area contributed by atoms with Crippen molar-refractivity contribution in [3.8, 4) is 23.8 Å². The number of benzene rings is 2. The lowest BCUT2D eigenvalue weighted by atomic mass is 10.1. The number of methoxy groups -OCH3 is 2. The molecule has 1 aliphatic rings. The van der Waals surface area contributed by atoms with E-state index in [2.05, 4.69) is 26.7 Å². The van der Waals surface area contributed by atoms with Gasteiger partial charge in [-0.15, -0.1) is 6.42 Å². The molecule has 0 amide bonds. The number of carbonyl (C=O) groups excluding carboxylic acids is 1. The van der Waals surface area contributed by atoms with Crippen LogP contribution in [0.25, 0.3) is 11.0 Å². The van der Waals surface area contributed by atoms with Gasteiger partial charge in [0.1, 0.15) is 21.8 Å². The molecular weight excluding hydrogens is 554 g/mol. The van der Waals surface area contributed by atoms with Gasteiger partial charge in [0.15, 0.2) is 28.7 Å². The lowest BCUT2D eigenvalue weighted by Crippen LogP contribution is -2.08. The van der Waals surface area contributed by atoms with E-state index in [0.29, 0.717) is 46.0 Å². The number of ether oxygens (including phenoxy) is 2. The Labute approximate surface area is 250 Å². The number of fused-ring (bicyclic) bond motifs is 2. The van der Waals surface area contributed by atoms with E-state index in [1.807, 2.05) is 76.1 Å². The highest BCUT2D eigenvalue weighted by Gasteiger charge is 2.22. The van der Waals surface area contributed by atoms with E-state index in [4.69, 9.17) is 18.8 Å². The normalized spacial score (nSPS) is 11.8. The van der Waals surface area contributed by atoms with E-state index in [-0.39, 0.29) is 0 Å². The van der Waals surface area contributed by atoms with Gasteiger partial charge in [0.2, 0.25) is 0 Å². The van der Waals surface area contributed by atoms with E-state index in [1.165, 1.54) is 11.1 Å². The fourth-order valence-corrected chi connectivity index (χ4v) is 5.41. The summed E-state index contributed by atoms with van der Waals surface area (Å²) in [6.07, 6.45) is 11.8. The maximum atomic E-state index is 13.3. The van der Waals surface area contributed by atoms with E-state index < -0.39 is 11.0 Å². The molecule has 4 aromatic rings. The van der Waals surface area contributed by atoms with Crippen molar-refractivity contribution in [2.45, 2.75) is 64.9 Å². The molecule has 5 rings (SSSR count). The van der Waals surface area contributed by atoms with Crippen LogP contribution in [0.3, 0.4) is 0 Å². The van der Waals surface area contributed by atoms with E-state index in [1.54, 1.807) is 20.1 Å². The summed E-state index contributed by atoms with van der Waals surface area (Å²) in [5, 5.41) is 12.3. The Balaban J connectivity index is 0.000000699. The first-order chi connectivity index (χ1) is 20.5. The van der Waals surface area contributed by atoms with Crippen LogP contribution in [-0.2, 0) is 41.7 Å². The molecule has 2 aromatic carbocycles. The van der Waals surface area contributed by atoms with Gasteiger partial charge in [0.05, 0.1) is 27.0 Å². The third-order valence-corrected chi connectivity index (χ3v) is 7.16. The second kappa shape index (κ2) is 17.6. The van der Waals surface area contributed by atoms with Crippen LogP contribution < -0.4 is 19.5 Å². The standard InChI is InChI=1S/C24H27N5O4S.C3H2O.2C2H6/c1-25-11-16-12-26-29(14-16)13-15-7-20(32-3)23-21(8-15)33-27-24(23)28-34(30)22-10-18-6-4-5-17(18)9-19(22)31-2;1-2-3-4;2*1-2/h7-10,12,14,25H,4-6,11,13H2,1-3H3,(H,27,28);1,3H;2*1-2H3. The molecule has 226 valence electrons. The molecule has 0 radical (unpaired) electrons. The van der Waals surface area contributed by atoms with Crippen LogP contribution in [0.4, 0.5) is 5.82 Å². The molecule has 0 saturated carbocycles. The first kappa shape index (κ1) is 34.1. The second-order valence-electron chi connectivity index (χ2n) is 8.56. The zero-order valence-corrected chi connectivity index (χ0v) is 26.3. The summed E-state index contributed by atoms with van der Waals surface area (Å²) in [7, 11) is 3.49. The highest BCUT2D eigenvalue weighted by Crippen LogP contribution is 2.36. The van der Waals surface area contributed by atoms with Crippen LogP contribution >= 0.6 is 0 Å². The van der Waals surface area contributed by atoms with Gasteiger partial charge in [0, 0.05) is 18.3 Å². The molecule has 0 spiro atoms. The van der Waals surface area contributed by atoms with Crippen molar-refractivity contribution in [3.63, 3.8) is 0 Å². The molecule has 10 nitrogen and oxygen atoms in total. The van der Waals surface area contributed by atoms with Crippen molar-refractivity contribution >= 4 is 34.1 Å². The van der Waals surface area contributed by atoms with Gasteiger partial charge in [-0.25, -0.2) is 4.21 Å². The molecule has 0 aliphatic heterocycles. The average Bonchev–Trinajstić information content (AvgIpc) is 3.78. The summed E-state index contributed by atoms with van der Waals surface area (Å²) in [4.78, 5) is 9.53. The quantitative estimate of drug-likeness (QED) is 0.198. The molecule has 0 bridgehead atoms. The number of hydrogen-bond donors (Lipinski definition) is 2. The second-order valence-corrected chi connectivity index (χ2v) is 9.74. The molecule has 1 unspecified atom stereocenters. The lowest BCUT2D eigenvalue weighted by Gasteiger charge is -2.12. The summed E-state index contributed by atoms with van der Waals surface area (Å²) in [5.41, 5.74) is 5.07. The fraction of sp³-hybridized carbons (Fsp3) is 0.387. The molecule has 1 atom stereocenters. The maximum absolute atomic E-state index is 13.3. The summed E-state index contributed by atoms with van der Waals surface area (Å²) < 4.78 is 34.9. The van der Waals surface area contributed by atoms with Crippen molar-refractivity contribution in [2.24, 2.45) is 0 Å². The van der Waals surface area contributed by atoms with Crippen molar-refractivity contribution in [3.05, 3.63) is 58.9 Å². The first-order valence-corrected chi connectivity index (χ1v) is 15.1. The third kappa shape index (κ3) is 8.44. The largest absolute Gasteiger partial charge is 0.496 e. The lowest BCUT2D eigenvalue weighted by molar-refractivity contribution is -0.103. The van der Waals surface area contributed by atoms with Crippen LogP contribution in [-0.4, -0.2) is 46.7 Å². The van der Waals surface area contributed by atoms with Crippen LogP contribution in [0.5, 0.6) is 11.5 Å². The van der Waals surface area contributed by atoms with Gasteiger partial charge >= 0.3 is 0 Å². The molecule has 2 aromatic heterocycles. The van der Waals surface area contributed by atoms with E-state index >= 15 is 0 Å². The van der Waals surface area contributed by atoms with Gasteiger partial charge in [-0.05, 0) is 73.2 Å². The number of rotatable bonds is 9. The Bertz CT molecular complexity index is 1510. The topological polar surface area (TPSA) is 121 Å². The average molecular weight is 596 g/mol. The minimum absolute atomic E-state index is 0.356. The number of hydrogen-bond acceptors (Lipinski definition) is 8. The first-order valence-electron chi connectivity index (χ1n) is 13.9.